The Morgan fingerprint density at radius 2 is 1.50 bits per heavy atom. The highest BCUT2D eigenvalue weighted by Gasteiger charge is 2.44. The van der Waals surface area contributed by atoms with Gasteiger partial charge >= 0.3 is 0 Å². The number of ether oxygens (including phenoxy) is 2. The molecule has 0 aromatic heterocycles. The van der Waals surface area contributed by atoms with Crippen LogP contribution in [0.5, 0.6) is 0 Å². The fourth-order valence-electron chi connectivity index (χ4n) is 4.03. The summed E-state index contributed by atoms with van der Waals surface area (Å²) in [4.78, 5) is 0. The summed E-state index contributed by atoms with van der Waals surface area (Å²) < 4.78 is 12.7. The normalized spacial score (nSPS) is 23.7. The van der Waals surface area contributed by atoms with E-state index in [0.29, 0.717) is 0 Å². The standard InChI is InChI=1S/C20H24O2/c1-19(18-11-7-9-16-8-3-4-10-17(16)18)21-14-20(15-22-19)12-5-2-6-13-20/h3-4,7-11H,2,5-6,12-15H2,1H3. The van der Waals surface area contributed by atoms with Crippen molar-refractivity contribution in [2.24, 2.45) is 5.41 Å². The maximum absolute atomic E-state index is 6.33. The van der Waals surface area contributed by atoms with E-state index in [0.717, 1.165) is 18.8 Å². The van der Waals surface area contributed by atoms with Crippen molar-refractivity contribution < 1.29 is 9.47 Å². The number of hydrogen-bond donors (Lipinski definition) is 0. The first-order valence-electron chi connectivity index (χ1n) is 8.47. The molecule has 1 aliphatic heterocycles. The van der Waals surface area contributed by atoms with E-state index in [-0.39, 0.29) is 5.41 Å². The molecule has 2 aliphatic rings. The lowest BCUT2D eigenvalue weighted by Gasteiger charge is -2.47. The van der Waals surface area contributed by atoms with Gasteiger partial charge in [0, 0.05) is 11.0 Å². The Hall–Kier alpha value is -1.38. The molecule has 22 heavy (non-hydrogen) atoms. The van der Waals surface area contributed by atoms with Gasteiger partial charge in [-0.15, -0.1) is 0 Å². The minimum absolute atomic E-state index is 0.266. The van der Waals surface area contributed by atoms with Crippen LogP contribution in [0.25, 0.3) is 10.8 Å². The molecule has 2 aromatic rings. The van der Waals surface area contributed by atoms with E-state index in [1.54, 1.807) is 0 Å². The van der Waals surface area contributed by atoms with Crippen molar-refractivity contribution in [3.63, 3.8) is 0 Å². The van der Waals surface area contributed by atoms with Crippen LogP contribution in [-0.2, 0) is 15.3 Å². The van der Waals surface area contributed by atoms with Gasteiger partial charge in [-0.05, 0) is 30.5 Å². The van der Waals surface area contributed by atoms with E-state index in [4.69, 9.17) is 9.47 Å². The van der Waals surface area contributed by atoms with Crippen LogP contribution in [0.15, 0.2) is 42.5 Å². The highest BCUT2D eigenvalue weighted by molar-refractivity contribution is 5.86. The molecule has 1 aliphatic carbocycles. The molecule has 1 heterocycles. The quantitative estimate of drug-likeness (QED) is 0.736. The van der Waals surface area contributed by atoms with E-state index in [2.05, 4.69) is 49.4 Å². The van der Waals surface area contributed by atoms with Crippen LogP contribution in [0.1, 0.15) is 44.6 Å². The first-order chi connectivity index (χ1) is 10.7. The molecule has 0 unspecified atom stereocenters. The van der Waals surface area contributed by atoms with Crippen molar-refractivity contribution in [1.82, 2.24) is 0 Å². The number of benzene rings is 2. The maximum Gasteiger partial charge on any atom is 0.192 e. The van der Waals surface area contributed by atoms with Gasteiger partial charge in [0.2, 0.25) is 0 Å². The summed E-state index contributed by atoms with van der Waals surface area (Å²) in [6, 6.07) is 14.9. The Bertz CT molecular complexity index is 655. The predicted octanol–water partition coefficient (Wildman–Crippen LogP) is 5.01. The summed E-state index contributed by atoms with van der Waals surface area (Å²) in [6.45, 7) is 3.73. The van der Waals surface area contributed by atoms with Crippen molar-refractivity contribution in [2.45, 2.75) is 44.8 Å². The Balaban J connectivity index is 1.64. The molecule has 0 bridgehead atoms. The third kappa shape index (κ3) is 2.35. The lowest BCUT2D eigenvalue weighted by molar-refractivity contribution is -0.307. The van der Waals surface area contributed by atoms with Gasteiger partial charge in [-0.1, -0.05) is 61.7 Å². The van der Waals surface area contributed by atoms with E-state index < -0.39 is 5.79 Å². The minimum atomic E-state index is -0.621. The molecular formula is C20H24O2. The number of fused-ring (bicyclic) bond motifs is 1. The maximum atomic E-state index is 6.33. The monoisotopic (exact) mass is 296 g/mol. The van der Waals surface area contributed by atoms with Crippen molar-refractivity contribution in [1.29, 1.82) is 0 Å². The van der Waals surface area contributed by atoms with Crippen LogP contribution in [0.4, 0.5) is 0 Å². The third-order valence-electron chi connectivity index (χ3n) is 5.50. The van der Waals surface area contributed by atoms with Crippen LogP contribution >= 0.6 is 0 Å². The molecule has 1 spiro atoms. The number of rotatable bonds is 1. The average molecular weight is 296 g/mol. The summed E-state index contributed by atoms with van der Waals surface area (Å²) in [6.07, 6.45) is 6.50. The van der Waals surface area contributed by atoms with Crippen LogP contribution in [-0.4, -0.2) is 13.2 Å². The molecule has 116 valence electrons. The summed E-state index contributed by atoms with van der Waals surface area (Å²) in [5, 5.41) is 2.47. The molecular weight excluding hydrogens is 272 g/mol. The topological polar surface area (TPSA) is 18.5 Å². The second-order valence-electron chi connectivity index (χ2n) is 7.11. The summed E-state index contributed by atoms with van der Waals surface area (Å²) in [7, 11) is 0. The minimum Gasteiger partial charge on any atom is -0.345 e. The molecule has 0 atom stereocenters. The van der Waals surface area contributed by atoms with Crippen molar-refractivity contribution in [2.75, 3.05) is 13.2 Å². The molecule has 2 nitrogen and oxygen atoms in total. The molecule has 1 saturated heterocycles. The van der Waals surface area contributed by atoms with E-state index in [9.17, 15) is 0 Å². The highest BCUT2D eigenvalue weighted by atomic mass is 16.7. The zero-order chi connectivity index (χ0) is 15.0. The van der Waals surface area contributed by atoms with Crippen LogP contribution in [0, 0.1) is 5.41 Å². The molecule has 2 heteroatoms. The Labute approximate surface area is 132 Å². The van der Waals surface area contributed by atoms with E-state index in [1.165, 1.54) is 42.9 Å². The SMILES string of the molecule is CC1(c2cccc3ccccc23)OCC2(CCCCC2)CO1. The van der Waals surface area contributed by atoms with Crippen LogP contribution in [0.2, 0.25) is 0 Å². The van der Waals surface area contributed by atoms with E-state index in [1.807, 2.05) is 0 Å². The zero-order valence-electron chi connectivity index (χ0n) is 13.3. The summed E-state index contributed by atoms with van der Waals surface area (Å²) in [5.74, 6) is -0.621. The first kappa shape index (κ1) is 14.2. The number of hydrogen-bond acceptors (Lipinski definition) is 2. The fraction of sp³-hybridized carbons (Fsp3) is 0.500. The van der Waals surface area contributed by atoms with Crippen molar-refractivity contribution in [3.05, 3.63) is 48.0 Å². The molecule has 1 saturated carbocycles. The Morgan fingerprint density at radius 3 is 2.27 bits per heavy atom. The first-order valence-corrected chi connectivity index (χ1v) is 8.47. The zero-order valence-corrected chi connectivity index (χ0v) is 13.3. The van der Waals surface area contributed by atoms with Gasteiger partial charge in [-0.3, -0.25) is 0 Å². The van der Waals surface area contributed by atoms with Crippen molar-refractivity contribution >= 4 is 10.8 Å². The van der Waals surface area contributed by atoms with Gasteiger partial charge in [0.25, 0.3) is 0 Å². The molecule has 2 aromatic carbocycles. The lowest BCUT2D eigenvalue weighted by Crippen LogP contribution is -2.47. The smallest absolute Gasteiger partial charge is 0.192 e. The summed E-state index contributed by atoms with van der Waals surface area (Å²) in [5.41, 5.74) is 1.42. The summed E-state index contributed by atoms with van der Waals surface area (Å²) >= 11 is 0. The molecule has 4 rings (SSSR count). The second kappa shape index (κ2) is 5.36. The van der Waals surface area contributed by atoms with Gasteiger partial charge in [-0.25, -0.2) is 0 Å². The Kier molecular flexibility index (Phi) is 3.47. The lowest BCUT2D eigenvalue weighted by atomic mass is 9.74. The van der Waals surface area contributed by atoms with Gasteiger partial charge in [-0.2, -0.15) is 0 Å². The van der Waals surface area contributed by atoms with Gasteiger partial charge in [0.05, 0.1) is 13.2 Å². The van der Waals surface area contributed by atoms with Crippen LogP contribution < -0.4 is 0 Å². The van der Waals surface area contributed by atoms with Gasteiger partial charge in [0.1, 0.15) is 0 Å². The Morgan fingerprint density at radius 1 is 0.818 bits per heavy atom. The average Bonchev–Trinajstić information content (AvgIpc) is 2.58. The van der Waals surface area contributed by atoms with Gasteiger partial charge < -0.3 is 9.47 Å². The largest absolute Gasteiger partial charge is 0.345 e. The highest BCUT2D eigenvalue weighted by Crippen LogP contribution is 2.45. The molecule has 0 N–H and O–H groups in total. The third-order valence-corrected chi connectivity index (χ3v) is 5.50. The molecule has 0 radical (unpaired) electrons. The fourth-order valence-corrected chi connectivity index (χ4v) is 4.03. The van der Waals surface area contributed by atoms with E-state index >= 15 is 0 Å². The van der Waals surface area contributed by atoms with Crippen LogP contribution in [0.3, 0.4) is 0 Å². The second-order valence-corrected chi connectivity index (χ2v) is 7.11. The molecule has 2 fully saturated rings. The molecule has 0 amide bonds. The van der Waals surface area contributed by atoms with Gasteiger partial charge in [0.15, 0.2) is 5.79 Å². The van der Waals surface area contributed by atoms with Crippen molar-refractivity contribution in [3.8, 4) is 0 Å². The predicted molar refractivity (Wildman–Crippen MR) is 88.7 cm³/mol.